The van der Waals surface area contributed by atoms with Crippen LogP contribution < -0.4 is 11.1 Å². The van der Waals surface area contributed by atoms with Crippen LogP contribution >= 0.6 is 24.8 Å². The number of rotatable bonds is 6. The highest BCUT2D eigenvalue weighted by Gasteiger charge is 2.02. The number of aromatic nitrogens is 2. The molecule has 7 heteroatoms. The van der Waals surface area contributed by atoms with E-state index in [9.17, 15) is 4.79 Å². The Balaban J connectivity index is 0.00000200. The molecular weight excluding hydrogens is 311 g/mol. The fraction of sp³-hybridized carbons (Fsp3) is 0.286. The van der Waals surface area contributed by atoms with Gasteiger partial charge < -0.3 is 15.6 Å². The van der Waals surface area contributed by atoms with E-state index in [0.717, 1.165) is 18.5 Å². The van der Waals surface area contributed by atoms with Gasteiger partial charge in [-0.3, -0.25) is 4.79 Å². The van der Waals surface area contributed by atoms with Crippen LogP contribution in [0.1, 0.15) is 12.0 Å². The molecule has 116 valence electrons. The number of anilines is 1. The normalized spacial score (nSPS) is 9.33. The number of nitrogens with zero attached hydrogens (tertiary/aromatic N) is 2. The van der Waals surface area contributed by atoms with Gasteiger partial charge in [0.05, 0.1) is 12.7 Å². The van der Waals surface area contributed by atoms with Crippen molar-refractivity contribution in [1.82, 2.24) is 14.9 Å². The minimum atomic E-state index is 0. The number of aryl methyl sites for hydroxylation is 1. The van der Waals surface area contributed by atoms with Crippen LogP contribution in [0.3, 0.4) is 0 Å². The van der Waals surface area contributed by atoms with Gasteiger partial charge in [0.1, 0.15) is 0 Å². The van der Waals surface area contributed by atoms with E-state index in [4.69, 9.17) is 5.73 Å². The van der Waals surface area contributed by atoms with Crippen LogP contribution in [0.4, 0.5) is 5.69 Å². The largest absolute Gasteiger partial charge is 0.399 e. The summed E-state index contributed by atoms with van der Waals surface area (Å²) in [6, 6.07) is 7.37. The fourth-order valence-electron chi connectivity index (χ4n) is 1.79. The second kappa shape index (κ2) is 10.1. The number of amides is 1. The van der Waals surface area contributed by atoms with Crippen molar-refractivity contribution in [3.05, 3.63) is 48.5 Å². The Kier molecular flexibility index (Phi) is 9.25. The van der Waals surface area contributed by atoms with E-state index in [1.165, 1.54) is 0 Å². The van der Waals surface area contributed by atoms with Gasteiger partial charge in [0, 0.05) is 31.2 Å². The van der Waals surface area contributed by atoms with E-state index in [-0.39, 0.29) is 30.7 Å². The molecule has 0 atom stereocenters. The number of nitrogens with one attached hydrogen (secondary N) is 1. The third-order valence-electron chi connectivity index (χ3n) is 2.82. The molecule has 0 saturated heterocycles. The van der Waals surface area contributed by atoms with Crippen molar-refractivity contribution in [2.75, 3.05) is 12.3 Å². The predicted molar refractivity (Wildman–Crippen MR) is 88.9 cm³/mol. The summed E-state index contributed by atoms with van der Waals surface area (Å²) in [6.07, 6.45) is 6.72. The number of nitrogens with two attached hydrogens (primary N) is 1. The monoisotopic (exact) mass is 330 g/mol. The van der Waals surface area contributed by atoms with Crippen molar-refractivity contribution < 1.29 is 4.79 Å². The van der Waals surface area contributed by atoms with Gasteiger partial charge >= 0.3 is 0 Å². The van der Waals surface area contributed by atoms with Crippen molar-refractivity contribution in [2.45, 2.75) is 19.4 Å². The number of imidazole rings is 1. The molecule has 0 aliphatic carbocycles. The van der Waals surface area contributed by atoms with Gasteiger partial charge in [-0.2, -0.15) is 0 Å². The van der Waals surface area contributed by atoms with Gasteiger partial charge in [0.2, 0.25) is 5.91 Å². The number of benzene rings is 1. The third kappa shape index (κ3) is 7.02. The van der Waals surface area contributed by atoms with Gasteiger partial charge in [-0.05, 0) is 24.1 Å². The van der Waals surface area contributed by atoms with Gasteiger partial charge in [-0.1, -0.05) is 12.1 Å². The number of carbonyl (C=O) groups is 1. The summed E-state index contributed by atoms with van der Waals surface area (Å²) in [5, 5.41) is 2.90. The quantitative estimate of drug-likeness (QED) is 0.629. The molecular formula is C14H20Cl2N4O. The Bertz CT molecular complexity index is 514. The van der Waals surface area contributed by atoms with Crippen molar-refractivity contribution >= 4 is 36.4 Å². The molecule has 0 radical (unpaired) electrons. The Morgan fingerprint density at radius 2 is 1.95 bits per heavy atom. The number of carbonyl (C=O) groups excluding carboxylic acids is 1. The molecule has 5 nitrogen and oxygen atoms in total. The lowest BCUT2D eigenvalue weighted by atomic mass is 10.1. The smallest absolute Gasteiger partial charge is 0.224 e. The average Bonchev–Trinajstić information content (AvgIpc) is 2.91. The molecule has 1 aromatic heterocycles. The van der Waals surface area contributed by atoms with Crippen LogP contribution in [0.15, 0.2) is 43.0 Å². The molecule has 0 fully saturated rings. The highest BCUT2D eigenvalue weighted by molar-refractivity contribution is 5.85. The van der Waals surface area contributed by atoms with E-state index in [1.54, 1.807) is 12.5 Å². The predicted octanol–water partition coefficient (Wildman–Crippen LogP) is 2.06. The highest BCUT2D eigenvalue weighted by atomic mass is 35.5. The maximum Gasteiger partial charge on any atom is 0.224 e. The summed E-state index contributed by atoms with van der Waals surface area (Å²) in [5.74, 6) is 0.0374. The van der Waals surface area contributed by atoms with Crippen LogP contribution in [-0.2, 0) is 17.8 Å². The van der Waals surface area contributed by atoms with E-state index in [0.29, 0.717) is 18.7 Å². The molecule has 1 amide bonds. The topological polar surface area (TPSA) is 72.9 Å². The first-order chi connectivity index (χ1) is 9.24. The first-order valence-electron chi connectivity index (χ1n) is 6.31. The van der Waals surface area contributed by atoms with Crippen LogP contribution in [-0.4, -0.2) is 22.0 Å². The maximum absolute atomic E-state index is 11.7. The second-order valence-corrected chi connectivity index (χ2v) is 4.42. The minimum absolute atomic E-state index is 0. The number of hydrogen-bond acceptors (Lipinski definition) is 3. The van der Waals surface area contributed by atoms with Gasteiger partial charge in [0.15, 0.2) is 0 Å². The third-order valence-corrected chi connectivity index (χ3v) is 2.82. The summed E-state index contributed by atoms with van der Waals surface area (Å²) in [5.41, 5.74) is 7.28. The molecule has 0 unspecified atom stereocenters. The van der Waals surface area contributed by atoms with Crippen molar-refractivity contribution in [2.24, 2.45) is 0 Å². The first kappa shape index (κ1) is 19.3. The zero-order chi connectivity index (χ0) is 13.5. The Hall–Kier alpha value is -1.72. The number of nitrogen functional groups attached to an aromatic ring is 1. The standard InChI is InChI=1S/C14H18N4O.2ClH/c15-13-4-2-12(3-5-13)10-14(19)17-6-1-8-18-9-7-16-11-18;;/h2-5,7,9,11H,1,6,8,10,15H2,(H,17,19);2*1H. The van der Waals surface area contributed by atoms with Crippen LogP contribution in [0.2, 0.25) is 0 Å². The fourth-order valence-corrected chi connectivity index (χ4v) is 1.79. The lowest BCUT2D eigenvalue weighted by Crippen LogP contribution is -2.26. The summed E-state index contributed by atoms with van der Waals surface area (Å²) in [7, 11) is 0. The van der Waals surface area contributed by atoms with Crippen LogP contribution in [0.25, 0.3) is 0 Å². The maximum atomic E-state index is 11.7. The molecule has 3 N–H and O–H groups in total. The zero-order valence-corrected chi connectivity index (χ0v) is 13.2. The van der Waals surface area contributed by atoms with Crippen molar-refractivity contribution in [3.8, 4) is 0 Å². The Morgan fingerprint density at radius 1 is 1.24 bits per heavy atom. The molecule has 0 aliphatic heterocycles. The highest BCUT2D eigenvalue weighted by Crippen LogP contribution is 2.05. The lowest BCUT2D eigenvalue weighted by molar-refractivity contribution is -0.120. The van der Waals surface area contributed by atoms with Crippen molar-refractivity contribution in [1.29, 1.82) is 0 Å². The first-order valence-corrected chi connectivity index (χ1v) is 6.31. The Morgan fingerprint density at radius 3 is 2.57 bits per heavy atom. The van der Waals surface area contributed by atoms with Crippen LogP contribution in [0, 0.1) is 0 Å². The molecule has 0 bridgehead atoms. The zero-order valence-electron chi connectivity index (χ0n) is 11.6. The van der Waals surface area contributed by atoms with Gasteiger partial charge in [0.25, 0.3) is 0 Å². The number of hydrogen-bond donors (Lipinski definition) is 2. The Labute approximate surface area is 136 Å². The SMILES string of the molecule is Cl.Cl.Nc1ccc(CC(=O)NCCCn2ccnc2)cc1. The van der Waals surface area contributed by atoms with Crippen molar-refractivity contribution in [3.63, 3.8) is 0 Å². The summed E-state index contributed by atoms with van der Waals surface area (Å²) in [6.45, 7) is 1.54. The van der Waals surface area contributed by atoms with E-state index in [2.05, 4.69) is 10.3 Å². The summed E-state index contributed by atoms with van der Waals surface area (Å²) < 4.78 is 1.99. The second-order valence-electron chi connectivity index (χ2n) is 4.42. The summed E-state index contributed by atoms with van der Waals surface area (Å²) >= 11 is 0. The lowest BCUT2D eigenvalue weighted by Gasteiger charge is -2.06. The number of halogens is 2. The van der Waals surface area contributed by atoms with E-state index >= 15 is 0 Å². The van der Waals surface area contributed by atoms with Gasteiger partial charge in [-0.25, -0.2) is 4.98 Å². The van der Waals surface area contributed by atoms with E-state index < -0.39 is 0 Å². The molecule has 2 aromatic rings. The molecule has 0 saturated carbocycles. The van der Waals surface area contributed by atoms with E-state index in [1.807, 2.05) is 35.0 Å². The molecule has 1 heterocycles. The molecule has 0 spiro atoms. The minimum Gasteiger partial charge on any atom is -0.399 e. The summed E-state index contributed by atoms with van der Waals surface area (Å²) in [4.78, 5) is 15.7. The molecule has 1 aromatic carbocycles. The van der Waals surface area contributed by atoms with Crippen LogP contribution in [0.5, 0.6) is 0 Å². The molecule has 21 heavy (non-hydrogen) atoms. The van der Waals surface area contributed by atoms with Gasteiger partial charge in [-0.15, -0.1) is 24.8 Å². The average molecular weight is 331 g/mol. The molecule has 0 aliphatic rings. The molecule has 2 rings (SSSR count).